The second kappa shape index (κ2) is 3.09. The van der Waals surface area contributed by atoms with E-state index < -0.39 is 17.1 Å². The largest absolute Gasteiger partial charge is 0.327 e. The lowest BCUT2D eigenvalue weighted by atomic mass is 11.6. The van der Waals surface area contributed by atoms with E-state index in [-0.39, 0.29) is 0 Å². The normalized spacial score (nSPS) is 18.6. The molecule has 7 heteroatoms. The Morgan fingerprint density at radius 3 is 1.60 bits per heavy atom. The van der Waals surface area contributed by atoms with E-state index in [1.807, 2.05) is 13.1 Å². The Morgan fingerprint density at radius 1 is 1.10 bits per heavy atom. The molecule has 0 aromatic heterocycles. The molecule has 0 spiro atoms. The van der Waals surface area contributed by atoms with Crippen molar-refractivity contribution in [3.8, 4) is 0 Å². The third-order valence-corrected chi connectivity index (χ3v) is 6.32. The van der Waals surface area contributed by atoms with E-state index in [1.165, 1.54) is 0 Å². The summed E-state index contributed by atoms with van der Waals surface area (Å²) in [6, 6.07) is 0. The molecule has 0 amide bonds. The molecule has 62 valence electrons. The van der Waals surface area contributed by atoms with Crippen LogP contribution in [0.3, 0.4) is 0 Å². The van der Waals surface area contributed by atoms with Crippen molar-refractivity contribution in [3.63, 3.8) is 0 Å². The van der Waals surface area contributed by atoms with Crippen LogP contribution in [0.2, 0.25) is 13.1 Å². The van der Waals surface area contributed by atoms with Crippen LogP contribution in [0.4, 0.5) is 0 Å². The molecule has 0 radical (unpaired) electrons. The summed E-state index contributed by atoms with van der Waals surface area (Å²) in [6.45, 7) is 3.72. The van der Waals surface area contributed by atoms with Crippen molar-refractivity contribution in [2.75, 3.05) is 7.05 Å². The maximum atomic E-state index is 5.79. The molecule has 0 heterocycles. The van der Waals surface area contributed by atoms with Crippen LogP contribution in [0, 0.1) is 0 Å². The Labute approximate surface area is 63.8 Å². The summed E-state index contributed by atoms with van der Waals surface area (Å²) in [6.07, 6.45) is 0. The van der Waals surface area contributed by atoms with E-state index in [0.717, 1.165) is 0 Å². The molecular weight excluding hydrogens is 162 g/mol. The lowest BCUT2D eigenvalue weighted by Gasteiger charge is -2.28. The molecule has 0 aliphatic rings. The first kappa shape index (κ1) is 10.2. The third kappa shape index (κ3) is 5.05. The quantitative estimate of drug-likeness (QED) is 0.317. The fraction of sp³-hybridized carbons (Fsp3) is 1.00. The van der Waals surface area contributed by atoms with Crippen molar-refractivity contribution in [2.24, 2.45) is 16.2 Å². The number of nitrogens with two attached hydrogens (primary N) is 3. The van der Waals surface area contributed by atoms with Crippen LogP contribution in [-0.2, 0) is 0 Å². The molecule has 1 atom stereocenters. The average Bonchev–Trinajstić information content (AvgIpc) is 1.60. The number of hydrogen-bond donors (Lipinski definition) is 5. The second-order valence-electron chi connectivity index (χ2n) is 2.86. The molecule has 5 nitrogen and oxygen atoms in total. The van der Waals surface area contributed by atoms with Gasteiger partial charge in [-0.15, -0.1) is 0 Å². The van der Waals surface area contributed by atoms with Gasteiger partial charge in [-0.25, -0.2) is 0 Å². The van der Waals surface area contributed by atoms with Gasteiger partial charge < -0.3 is 25.8 Å². The van der Waals surface area contributed by atoms with Gasteiger partial charge in [0.1, 0.15) is 0 Å². The van der Waals surface area contributed by atoms with Crippen LogP contribution in [-0.4, -0.2) is 24.2 Å². The minimum absolute atomic E-state index is 1.80. The molecule has 0 aliphatic carbocycles. The van der Waals surface area contributed by atoms with Crippen molar-refractivity contribution in [2.45, 2.75) is 13.1 Å². The van der Waals surface area contributed by atoms with E-state index >= 15 is 0 Å². The summed E-state index contributed by atoms with van der Waals surface area (Å²) in [5, 5.41) is 17.0. The summed E-state index contributed by atoms with van der Waals surface area (Å²) >= 11 is 0. The van der Waals surface area contributed by atoms with Crippen molar-refractivity contribution in [3.05, 3.63) is 0 Å². The minimum atomic E-state index is -2.19. The monoisotopic (exact) mass is 179 g/mol. The first-order valence-electron chi connectivity index (χ1n) is 3.12. The fourth-order valence-electron chi connectivity index (χ4n) is 0.622. The molecule has 0 aromatic carbocycles. The standard InChI is InChI=1S/C3H17N5Si2/c1-7-10(3,6)8-9(2,4)5/h7-8H,4-6H2,1-3H3. The first-order chi connectivity index (χ1) is 4.27. The molecule has 0 rings (SSSR count). The molecule has 0 saturated heterocycles. The van der Waals surface area contributed by atoms with Crippen LogP contribution in [0.5, 0.6) is 0 Å². The maximum Gasteiger partial charge on any atom is 0.270 e. The lowest BCUT2D eigenvalue weighted by Crippen LogP contribution is -2.80. The summed E-state index contributed by atoms with van der Waals surface area (Å²) < 4.78 is 3.05. The number of rotatable bonds is 3. The van der Waals surface area contributed by atoms with Crippen molar-refractivity contribution in [1.29, 1.82) is 0 Å². The topological polar surface area (TPSA) is 102 Å². The zero-order valence-electron chi connectivity index (χ0n) is 6.73. The van der Waals surface area contributed by atoms with E-state index in [0.29, 0.717) is 0 Å². The van der Waals surface area contributed by atoms with Gasteiger partial charge in [0.15, 0.2) is 0 Å². The Morgan fingerprint density at radius 2 is 1.50 bits per heavy atom. The van der Waals surface area contributed by atoms with E-state index in [9.17, 15) is 0 Å². The zero-order chi connectivity index (χ0) is 8.41. The van der Waals surface area contributed by atoms with Crippen molar-refractivity contribution < 1.29 is 0 Å². The summed E-state index contributed by atoms with van der Waals surface area (Å²) in [5.41, 5.74) is 0. The molecule has 0 fully saturated rings. The minimum Gasteiger partial charge on any atom is -0.327 e. The van der Waals surface area contributed by atoms with Crippen LogP contribution in [0.25, 0.3) is 0 Å². The van der Waals surface area contributed by atoms with Gasteiger partial charge in [-0.05, 0) is 20.1 Å². The van der Waals surface area contributed by atoms with Crippen LogP contribution >= 0.6 is 0 Å². The zero-order valence-corrected chi connectivity index (χ0v) is 8.73. The van der Waals surface area contributed by atoms with Crippen LogP contribution in [0.15, 0.2) is 0 Å². The highest BCUT2D eigenvalue weighted by Gasteiger charge is 2.29. The highest BCUT2D eigenvalue weighted by molar-refractivity contribution is 6.86. The van der Waals surface area contributed by atoms with E-state index in [4.69, 9.17) is 16.2 Å². The second-order valence-corrected chi connectivity index (χ2v) is 9.33. The summed E-state index contributed by atoms with van der Waals surface area (Å²) in [5.74, 6) is 0. The smallest absolute Gasteiger partial charge is 0.270 e. The van der Waals surface area contributed by atoms with Gasteiger partial charge in [0.2, 0.25) is 0 Å². The lowest BCUT2D eigenvalue weighted by molar-refractivity contribution is 1.05. The Balaban J connectivity index is 3.89. The first-order valence-corrected chi connectivity index (χ1v) is 8.35. The predicted molar refractivity (Wildman–Crippen MR) is 48.0 cm³/mol. The van der Waals surface area contributed by atoms with Gasteiger partial charge >= 0.3 is 0 Å². The van der Waals surface area contributed by atoms with E-state index in [2.05, 4.69) is 9.63 Å². The molecule has 10 heavy (non-hydrogen) atoms. The highest BCUT2D eigenvalue weighted by Crippen LogP contribution is 1.82. The van der Waals surface area contributed by atoms with Gasteiger partial charge in [-0.2, -0.15) is 0 Å². The molecule has 0 bridgehead atoms. The number of nitrogens with one attached hydrogen (secondary N) is 2. The third-order valence-electron chi connectivity index (χ3n) is 1.05. The Hall–Kier alpha value is 0.234. The van der Waals surface area contributed by atoms with Crippen LogP contribution < -0.4 is 25.8 Å². The SMILES string of the molecule is CN[Si](C)(N)N[Si](C)(N)N. The average molecular weight is 179 g/mol. The van der Waals surface area contributed by atoms with Gasteiger partial charge in [0.05, 0.1) is 0 Å². The van der Waals surface area contributed by atoms with E-state index in [1.54, 1.807) is 7.05 Å². The molecule has 0 aliphatic heterocycles. The van der Waals surface area contributed by atoms with Crippen molar-refractivity contribution in [1.82, 2.24) is 9.63 Å². The van der Waals surface area contributed by atoms with Gasteiger partial charge in [-0.3, -0.25) is 0 Å². The Kier molecular flexibility index (Phi) is 3.16. The summed E-state index contributed by atoms with van der Waals surface area (Å²) in [4.78, 5) is 2.98. The highest BCUT2D eigenvalue weighted by atomic mass is 28.4. The summed E-state index contributed by atoms with van der Waals surface area (Å²) in [7, 11) is -2.39. The van der Waals surface area contributed by atoms with Crippen LogP contribution in [0.1, 0.15) is 0 Å². The molecular formula is C3H17N5Si2. The molecule has 8 N–H and O–H groups in total. The molecule has 0 aromatic rings. The van der Waals surface area contributed by atoms with Crippen molar-refractivity contribution >= 4 is 17.1 Å². The number of hydrogen-bond acceptors (Lipinski definition) is 5. The maximum absolute atomic E-state index is 5.79. The van der Waals surface area contributed by atoms with Gasteiger partial charge in [0.25, 0.3) is 17.1 Å². The molecule has 1 unspecified atom stereocenters. The predicted octanol–water partition coefficient (Wildman–Crippen LogP) is -2.19. The van der Waals surface area contributed by atoms with Gasteiger partial charge in [0, 0.05) is 0 Å². The Bertz CT molecular complexity index is 108. The van der Waals surface area contributed by atoms with Gasteiger partial charge in [-0.1, -0.05) is 0 Å². The fourth-order valence-corrected chi connectivity index (χ4v) is 5.60. The molecule has 0 saturated carbocycles.